The highest BCUT2D eigenvalue weighted by Gasteiger charge is 2.20. The molecule has 0 N–H and O–H groups in total. The van der Waals surface area contributed by atoms with Crippen molar-refractivity contribution in [3.05, 3.63) is 45.9 Å². The highest BCUT2D eigenvalue weighted by atomic mass is 19.1. The molecule has 2 rings (SSSR count). The number of pyridine rings is 1. The smallest absolute Gasteiger partial charge is 0.281 e. The number of hydrogen-bond acceptors (Lipinski definition) is 4. The molecule has 2 aromatic rings. The molecule has 0 spiro atoms. The zero-order valence-corrected chi connectivity index (χ0v) is 10.2. The molecular formula is C13H11FN2O3. The first-order valence-electron chi connectivity index (χ1n) is 5.76. The van der Waals surface area contributed by atoms with Gasteiger partial charge in [-0.1, -0.05) is 6.92 Å². The minimum absolute atomic E-state index is 0.103. The summed E-state index contributed by atoms with van der Waals surface area (Å²) in [5, 5.41) is 11.1. The Labute approximate surface area is 108 Å². The molecule has 5 nitrogen and oxygen atoms in total. The first-order chi connectivity index (χ1) is 9.04. The van der Waals surface area contributed by atoms with Gasteiger partial charge in [-0.2, -0.15) is 0 Å². The Morgan fingerprint density at radius 2 is 2.26 bits per heavy atom. The number of carbonyl (C=O) groups is 1. The zero-order valence-electron chi connectivity index (χ0n) is 10.2. The minimum Gasteiger partial charge on any atom is -0.299 e. The van der Waals surface area contributed by atoms with E-state index in [9.17, 15) is 19.3 Å². The summed E-state index contributed by atoms with van der Waals surface area (Å²) in [5.74, 6) is -0.903. The third kappa shape index (κ3) is 2.42. The molecule has 0 fully saturated rings. The number of non-ortho nitro benzene ring substituents is 1. The van der Waals surface area contributed by atoms with Crippen molar-refractivity contribution in [3.8, 4) is 0 Å². The number of aromatic nitrogens is 1. The van der Waals surface area contributed by atoms with Gasteiger partial charge in [0, 0.05) is 24.6 Å². The maximum atomic E-state index is 13.9. The standard InChI is InChI=1S/C13H11FN2O3/c1-2-8(17)6-10-11(14)7-12(16(18)19)9-4-3-5-15-13(9)10/h3-5,7H,2,6H2,1H3. The molecule has 0 aliphatic rings. The van der Waals surface area contributed by atoms with Crippen molar-refractivity contribution in [2.24, 2.45) is 0 Å². The van der Waals surface area contributed by atoms with Crippen LogP contribution in [0.3, 0.4) is 0 Å². The number of nitro groups is 1. The van der Waals surface area contributed by atoms with Crippen molar-refractivity contribution in [2.75, 3.05) is 0 Å². The molecule has 1 heterocycles. The van der Waals surface area contributed by atoms with Crippen molar-refractivity contribution in [2.45, 2.75) is 19.8 Å². The van der Waals surface area contributed by atoms with Crippen LogP contribution < -0.4 is 0 Å². The van der Waals surface area contributed by atoms with E-state index in [1.54, 1.807) is 13.0 Å². The molecule has 98 valence electrons. The number of rotatable bonds is 4. The lowest BCUT2D eigenvalue weighted by Gasteiger charge is -2.06. The average Bonchev–Trinajstić information content (AvgIpc) is 2.41. The van der Waals surface area contributed by atoms with Gasteiger partial charge in [-0.25, -0.2) is 4.39 Å². The van der Waals surface area contributed by atoms with E-state index in [0.717, 1.165) is 6.07 Å². The van der Waals surface area contributed by atoms with Gasteiger partial charge in [-0.05, 0) is 12.1 Å². The fourth-order valence-electron chi connectivity index (χ4n) is 1.89. The predicted octanol–water partition coefficient (Wildman–Crippen LogP) is 2.80. The molecule has 0 aliphatic heterocycles. The Morgan fingerprint density at radius 1 is 1.53 bits per heavy atom. The van der Waals surface area contributed by atoms with Crippen LogP contribution in [0, 0.1) is 15.9 Å². The third-order valence-electron chi connectivity index (χ3n) is 2.89. The second-order valence-electron chi connectivity index (χ2n) is 4.08. The van der Waals surface area contributed by atoms with Crippen LogP contribution in [-0.4, -0.2) is 15.7 Å². The number of halogens is 1. The molecule has 19 heavy (non-hydrogen) atoms. The number of fused-ring (bicyclic) bond motifs is 1. The SMILES string of the molecule is CCC(=O)Cc1c(F)cc([N+](=O)[O-])c2cccnc12. The van der Waals surface area contributed by atoms with Crippen molar-refractivity contribution in [3.63, 3.8) is 0 Å². The highest BCUT2D eigenvalue weighted by molar-refractivity contribution is 5.93. The fourth-order valence-corrected chi connectivity index (χ4v) is 1.89. The summed E-state index contributed by atoms with van der Waals surface area (Å²) < 4.78 is 13.9. The van der Waals surface area contributed by atoms with Crippen molar-refractivity contribution in [1.82, 2.24) is 4.98 Å². The van der Waals surface area contributed by atoms with Gasteiger partial charge >= 0.3 is 0 Å². The number of Topliss-reactive ketones (excluding diaryl/α,β-unsaturated/α-hetero) is 1. The Morgan fingerprint density at radius 3 is 2.89 bits per heavy atom. The van der Waals surface area contributed by atoms with Crippen molar-refractivity contribution < 1.29 is 14.1 Å². The largest absolute Gasteiger partial charge is 0.299 e. The second-order valence-corrected chi connectivity index (χ2v) is 4.08. The maximum absolute atomic E-state index is 13.9. The molecule has 1 aromatic carbocycles. The van der Waals surface area contributed by atoms with Crippen LogP contribution in [0.2, 0.25) is 0 Å². The summed E-state index contributed by atoms with van der Waals surface area (Å²) >= 11 is 0. The summed E-state index contributed by atoms with van der Waals surface area (Å²) in [5.41, 5.74) is -0.0441. The van der Waals surface area contributed by atoms with Crippen LogP contribution in [-0.2, 0) is 11.2 Å². The average molecular weight is 262 g/mol. The second kappa shape index (κ2) is 5.09. The van der Waals surface area contributed by atoms with E-state index in [2.05, 4.69) is 4.98 Å². The Kier molecular flexibility index (Phi) is 3.50. The van der Waals surface area contributed by atoms with Crippen molar-refractivity contribution >= 4 is 22.4 Å². The van der Waals surface area contributed by atoms with Gasteiger partial charge in [0.1, 0.15) is 11.6 Å². The molecule has 0 saturated heterocycles. The maximum Gasteiger partial charge on any atom is 0.281 e. The summed E-state index contributed by atoms with van der Waals surface area (Å²) in [6.07, 6.45) is 1.60. The van der Waals surface area contributed by atoms with Crippen LogP contribution in [0.5, 0.6) is 0 Å². The monoisotopic (exact) mass is 262 g/mol. The summed E-state index contributed by atoms with van der Waals surface area (Å²) in [7, 11) is 0. The Hall–Kier alpha value is -2.37. The van der Waals surface area contributed by atoms with Crippen LogP contribution in [0.4, 0.5) is 10.1 Å². The number of hydrogen-bond donors (Lipinski definition) is 0. The molecule has 6 heteroatoms. The number of carbonyl (C=O) groups excluding carboxylic acids is 1. The number of nitro benzene ring substituents is 1. The molecule has 0 radical (unpaired) electrons. The summed E-state index contributed by atoms with van der Waals surface area (Å²) in [6.45, 7) is 1.68. The molecule has 0 aliphatic carbocycles. The predicted molar refractivity (Wildman–Crippen MR) is 67.4 cm³/mol. The minimum atomic E-state index is -0.764. The molecule has 0 saturated carbocycles. The number of benzene rings is 1. The van der Waals surface area contributed by atoms with Gasteiger partial charge in [-0.3, -0.25) is 19.9 Å². The summed E-state index contributed by atoms with van der Waals surface area (Å²) in [4.78, 5) is 25.7. The quantitative estimate of drug-likeness (QED) is 0.627. The van der Waals surface area contributed by atoms with Gasteiger partial charge in [-0.15, -0.1) is 0 Å². The van der Waals surface area contributed by atoms with Crippen LogP contribution >= 0.6 is 0 Å². The normalized spacial score (nSPS) is 10.6. The first kappa shape index (κ1) is 13.1. The lowest BCUT2D eigenvalue weighted by Crippen LogP contribution is -2.05. The van der Waals surface area contributed by atoms with Crippen LogP contribution in [0.1, 0.15) is 18.9 Å². The fraction of sp³-hybridized carbons (Fsp3) is 0.231. The molecule has 0 bridgehead atoms. The van der Waals surface area contributed by atoms with Gasteiger partial charge in [0.2, 0.25) is 0 Å². The molecule has 0 unspecified atom stereocenters. The van der Waals surface area contributed by atoms with Gasteiger partial charge in [0.15, 0.2) is 0 Å². The lowest BCUT2D eigenvalue weighted by atomic mass is 10.0. The molecular weight excluding hydrogens is 251 g/mol. The van der Waals surface area contributed by atoms with E-state index >= 15 is 0 Å². The van der Waals surface area contributed by atoms with E-state index in [-0.39, 0.29) is 40.8 Å². The highest BCUT2D eigenvalue weighted by Crippen LogP contribution is 2.29. The van der Waals surface area contributed by atoms with E-state index < -0.39 is 10.7 Å². The van der Waals surface area contributed by atoms with Gasteiger partial charge < -0.3 is 0 Å². The van der Waals surface area contributed by atoms with E-state index in [1.807, 2.05) is 0 Å². The Balaban J connectivity index is 2.72. The lowest BCUT2D eigenvalue weighted by molar-refractivity contribution is -0.383. The molecule has 0 amide bonds. The topological polar surface area (TPSA) is 73.1 Å². The first-order valence-corrected chi connectivity index (χ1v) is 5.76. The van der Waals surface area contributed by atoms with Gasteiger partial charge in [0.05, 0.1) is 21.9 Å². The Bertz CT molecular complexity index is 670. The van der Waals surface area contributed by atoms with Crippen LogP contribution in [0.25, 0.3) is 10.9 Å². The van der Waals surface area contributed by atoms with Crippen LogP contribution in [0.15, 0.2) is 24.4 Å². The molecule has 0 atom stereocenters. The zero-order chi connectivity index (χ0) is 14.0. The number of nitrogens with zero attached hydrogens (tertiary/aromatic N) is 2. The van der Waals surface area contributed by atoms with Gasteiger partial charge in [0.25, 0.3) is 5.69 Å². The number of ketones is 1. The molecule has 1 aromatic heterocycles. The van der Waals surface area contributed by atoms with E-state index in [1.165, 1.54) is 12.3 Å². The summed E-state index contributed by atoms with van der Waals surface area (Å²) in [6, 6.07) is 3.89. The van der Waals surface area contributed by atoms with E-state index in [0.29, 0.717) is 0 Å². The third-order valence-corrected chi connectivity index (χ3v) is 2.89. The van der Waals surface area contributed by atoms with Crippen molar-refractivity contribution in [1.29, 1.82) is 0 Å². The van der Waals surface area contributed by atoms with E-state index in [4.69, 9.17) is 0 Å².